The average molecular weight is 272 g/mol. The van der Waals surface area contributed by atoms with Crippen LogP contribution in [0.4, 0.5) is 5.69 Å². The lowest BCUT2D eigenvalue weighted by molar-refractivity contribution is -0.141. The first-order valence-electron chi connectivity index (χ1n) is 6.91. The second-order valence-electron chi connectivity index (χ2n) is 5.14. The monoisotopic (exact) mass is 272 g/mol. The molecule has 106 valence electrons. The van der Waals surface area contributed by atoms with Crippen LogP contribution in [0.15, 0.2) is 30.3 Å². The highest BCUT2D eigenvalue weighted by molar-refractivity contribution is 5.91. The Morgan fingerprint density at radius 1 is 1.40 bits per heavy atom. The molecule has 1 atom stereocenters. The minimum absolute atomic E-state index is 0.285. The molecule has 4 heteroatoms. The van der Waals surface area contributed by atoms with E-state index in [1.54, 1.807) is 6.92 Å². The molecule has 1 unspecified atom stereocenters. The fourth-order valence-corrected chi connectivity index (χ4v) is 2.21. The number of nitrogens with one attached hydrogen (secondary N) is 1. The number of carboxylic acids is 1. The van der Waals surface area contributed by atoms with Crippen molar-refractivity contribution < 1.29 is 9.90 Å². The summed E-state index contributed by atoms with van der Waals surface area (Å²) >= 11 is 0. The Kier molecular flexibility index (Phi) is 4.56. The maximum absolute atomic E-state index is 10.8. The van der Waals surface area contributed by atoms with E-state index >= 15 is 0 Å². The molecule has 0 spiro atoms. The van der Waals surface area contributed by atoms with E-state index in [0.29, 0.717) is 6.42 Å². The molecule has 2 N–H and O–H groups in total. The van der Waals surface area contributed by atoms with Crippen LogP contribution < -0.4 is 5.32 Å². The van der Waals surface area contributed by atoms with Crippen molar-refractivity contribution in [2.45, 2.75) is 26.7 Å². The fraction of sp³-hybridized carbons (Fsp3) is 0.375. The number of para-hydroxylation sites is 1. The summed E-state index contributed by atoms with van der Waals surface area (Å²) in [7, 11) is 0. The SMILES string of the molecule is Cc1cc(NCCCC(C)C(=O)O)c2ccccc2n1. The third-order valence-corrected chi connectivity index (χ3v) is 3.40. The van der Waals surface area contributed by atoms with Crippen LogP contribution in [0, 0.1) is 12.8 Å². The van der Waals surface area contributed by atoms with E-state index in [9.17, 15) is 4.79 Å². The molecule has 1 heterocycles. The topological polar surface area (TPSA) is 62.2 Å². The molecule has 0 saturated heterocycles. The average Bonchev–Trinajstić information content (AvgIpc) is 2.42. The van der Waals surface area contributed by atoms with Crippen molar-refractivity contribution in [1.29, 1.82) is 0 Å². The van der Waals surface area contributed by atoms with Crippen molar-refractivity contribution in [1.82, 2.24) is 4.98 Å². The first-order valence-corrected chi connectivity index (χ1v) is 6.91. The summed E-state index contributed by atoms with van der Waals surface area (Å²) in [6.45, 7) is 4.49. The number of benzene rings is 1. The number of anilines is 1. The molecular weight excluding hydrogens is 252 g/mol. The van der Waals surface area contributed by atoms with Gasteiger partial charge in [0.2, 0.25) is 0 Å². The number of pyridine rings is 1. The molecule has 0 aliphatic heterocycles. The lowest BCUT2D eigenvalue weighted by atomic mass is 10.1. The standard InChI is InChI=1S/C16H20N2O2/c1-11(16(19)20)6-5-9-17-15-10-12(2)18-14-8-4-3-7-13(14)15/h3-4,7-8,10-11H,5-6,9H2,1-2H3,(H,17,18)(H,19,20). The van der Waals surface area contributed by atoms with Gasteiger partial charge in [-0.15, -0.1) is 0 Å². The van der Waals surface area contributed by atoms with Gasteiger partial charge in [-0.3, -0.25) is 9.78 Å². The summed E-state index contributed by atoms with van der Waals surface area (Å²) < 4.78 is 0. The van der Waals surface area contributed by atoms with Crippen LogP contribution in [0.2, 0.25) is 0 Å². The smallest absolute Gasteiger partial charge is 0.306 e. The van der Waals surface area contributed by atoms with Crippen LogP contribution in [-0.4, -0.2) is 22.6 Å². The van der Waals surface area contributed by atoms with Gasteiger partial charge >= 0.3 is 5.97 Å². The van der Waals surface area contributed by atoms with Crippen molar-refractivity contribution in [3.63, 3.8) is 0 Å². The van der Waals surface area contributed by atoms with Crippen molar-refractivity contribution in [2.24, 2.45) is 5.92 Å². The number of carboxylic acid groups (broad SMARTS) is 1. The van der Waals surface area contributed by atoms with Crippen molar-refractivity contribution >= 4 is 22.6 Å². The van der Waals surface area contributed by atoms with Gasteiger partial charge in [-0.05, 0) is 31.9 Å². The number of carbonyl (C=O) groups is 1. The molecule has 0 bridgehead atoms. The van der Waals surface area contributed by atoms with Gasteiger partial charge in [0.15, 0.2) is 0 Å². The Labute approximate surface area is 118 Å². The quantitative estimate of drug-likeness (QED) is 0.791. The minimum Gasteiger partial charge on any atom is -0.481 e. The third kappa shape index (κ3) is 3.47. The molecule has 0 fully saturated rings. The number of aryl methyl sites for hydroxylation is 1. The Hall–Kier alpha value is -2.10. The second kappa shape index (κ2) is 6.37. The molecule has 0 saturated carbocycles. The van der Waals surface area contributed by atoms with E-state index in [1.165, 1.54) is 0 Å². The van der Waals surface area contributed by atoms with E-state index in [0.717, 1.165) is 35.2 Å². The lowest BCUT2D eigenvalue weighted by Gasteiger charge is -2.11. The molecule has 20 heavy (non-hydrogen) atoms. The predicted molar refractivity (Wildman–Crippen MR) is 81.0 cm³/mol. The van der Waals surface area contributed by atoms with E-state index in [1.807, 2.05) is 37.3 Å². The number of nitrogens with zero attached hydrogens (tertiary/aromatic N) is 1. The Balaban J connectivity index is 2.01. The highest BCUT2D eigenvalue weighted by Gasteiger charge is 2.10. The number of hydrogen-bond donors (Lipinski definition) is 2. The summed E-state index contributed by atoms with van der Waals surface area (Å²) in [6.07, 6.45) is 1.52. The number of fused-ring (bicyclic) bond motifs is 1. The number of aliphatic carboxylic acids is 1. The first kappa shape index (κ1) is 14.3. The number of rotatable bonds is 6. The van der Waals surface area contributed by atoms with E-state index in [4.69, 9.17) is 5.11 Å². The molecule has 1 aromatic heterocycles. The summed E-state index contributed by atoms with van der Waals surface area (Å²) in [5, 5.41) is 13.3. The molecular formula is C16H20N2O2. The lowest BCUT2D eigenvalue weighted by Crippen LogP contribution is -2.11. The van der Waals surface area contributed by atoms with Gasteiger partial charge in [-0.25, -0.2) is 0 Å². The van der Waals surface area contributed by atoms with Gasteiger partial charge < -0.3 is 10.4 Å². The number of hydrogen-bond acceptors (Lipinski definition) is 3. The van der Waals surface area contributed by atoms with Crippen molar-refractivity contribution in [2.75, 3.05) is 11.9 Å². The molecule has 2 aromatic rings. The fourth-order valence-electron chi connectivity index (χ4n) is 2.21. The van der Waals surface area contributed by atoms with Crippen LogP contribution in [0.1, 0.15) is 25.5 Å². The highest BCUT2D eigenvalue weighted by atomic mass is 16.4. The third-order valence-electron chi connectivity index (χ3n) is 3.40. The summed E-state index contributed by atoms with van der Waals surface area (Å²) in [4.78, 5) is 15.3. The maximum Gasteiger partial charge on any atom is 0.306 e. The zero-order valence-corrected chi connectivity index (χ0v) is 11.9. The first-order chi connectivity index (χ1) is 9.58. The van der Waals surface area contributed by atoms with E-state index in [2.05, 4.69) is 10.3 Å². The van der Waals surface area contributed by atoms with Gasteiger partial charge in [-0.2, -0.15) is 0 Å². The minimum atomic E-state index is -0.727. The molecule has 0 radical (unpaired) electrons. The second-order valence-corrected chi connectivity index (χ2v) is 5.14. The summed E-state index contributed by atoms with van der Waals surface area (Å²) in [5.74, 6) is -1.01. The van der Waals surface area contributed by atoms with E-state index < -0.39 is 5.97 Å². The zero-order valence-electron chi connectivity index (χ0n) is 11.9. The van der Waals surface area contributed by atoms with Crippen LogP contribution in [0.3, 0.4) is 0 Å². The van der Waals surface area contributed by atoms with Crippen molar-refractivity contribution in [3.8, 4) is 0 Å². The van der Waals surface area contributed by atoms with Gasteiger partial charge in [0.05, 0.1) is 11.4 Å². The molecule has 0 aliphatic carbocycles. The zero-order chi connectivity index (χ0) is 14.5. The van der Waals surface area contributed by atoms with E-state index in [-0.39, 0.29) is 5.92 Å². The van der Waals surface area contributed by atoms with Crippen LogP contribution in [0.25, 0.3) is 10.9 Å². The molecule has 2 rings (SSSR count). The van der Waals surface area contributed by atoms with Crippen LogP contribution in [0.5, 0.6) is 0 Å². The Morgan fingerprint density at radius 3 is 2.90 bits per heavy atom. The summed E-state index contributed by atoms with van der Waals surface area (Å²) in [5.41, 5.74) is 3.02. The largest absolute Gasteiger partial charge is 0.481 e. The van der Waals surface area contributed by atoms with Crippen LogP contribution >= 0.6 is 0 Å². The van der Waals surface area contributed by atoms with Gasteiger partial charge in [0, 0.05) is 23.3 Å². The summed E-state index contributed by atoms with van der Waals surface area (Å²) in [6, 6.07) is 10.1. The predicted octanol–water partition coefficient (Wildman–Crippen LogP) is 3.46. The van der Waals surface area contributed by atoms with Crippen molar-refractivity contribution in [3.05, 3.63) is 36.0 Å². The molecule has 0 aliphatic rings. The van der Waals surface area contributed by atoms with Gasteiger partial charge in [-0.1, -0.05) is 25.1 Å². The molecule has 1 aromatic carbocycles. The number of aromatic nitrogens is 1. The normalized spacial score (nSPS) is 12.3. The highest BCUT2D eigenvalue weighted by Crippen LogP contribution is 2.22. The molecule has 0 amide bonds. The molecule has 4 nitrogen and oxygen atoms in total. The maximum atomic E-state index is 10.8. The Bertz CT molecular complexity index is 610. The Morgan fingerprint density at radius 2 is 2.15 bits per heavy atom. The van der Waals surface area contributed by atoms with Crippen LogP contribution in [-0.2, 0) is 4.79 Å². The van der Waals surface area contributed by atoms with Gasteiger partial charge in [0.1, 0.15) is 0 Å². The van der Waals surface area contributed by atoms with Gasteiger partial charge in [0.25, 0.3) is 0 Å².